The van der Waals surface area contributed by atoms with E-state index >= 15 is 0 Å². The van der Waals surface area contributed by atoms with E-state index in [2.05, 4.69) is 0 Å². The Morgan fingerprint density at radius 1 is 1.11 bits per heavy atom. The van der Waals surface area contributed by atoms with Crippen LogP contribution < -0.4 is 10.5 Å². The molecule has 0 aromatic heterocycles. The van der Waals surface area contributed by atoms with Crippen molar-refractivity contribution in [1.82, 2.24) is 0 Å². The third-order valence-corrected chi connectivity index (χ3v) is 2.80. The Kier molecular flexibility index (Phi) is 4.12. The topological polar surface area (TPSA) is 35.2 Å². The summed E-state index contributed by atoms with van der Waals surface area (Å²) in [7, 11) is 0. The van der Waals surface area contributed by atoms with E-state index in [-0.39, 0.29) is 0 Å². The predicted molar refractivity (Wildman–Crippen MR) is 70.0 cm³/mol. The minimum Gasteiger partial charge on any atom is -0.494 e. The molecule has 2 aromatic carbocycles. The highest BCUT2D eigenvalue weighted by Gasteiger charge is 2.15. The number of benzene rings is 2. The molecule has 0 aliphatic heterocycles. The van der Waals surface area contributed by atoms with Crippen LogP contribution in [0.15, 0.2) is 42.5 Å². The van der Waals surface area contributed by atoms with Crippen LogP contribution in [0.2, 0.25) is 0 Å². The summed E-state index contributed by atoms with van der Waals surface area (Å²) in [4.78, 5) is 0. The fraction of sp³-hybridized carbons (Fsp3) is 0.200. The minimum atomic E-state index is -0.639. The van der Waals surface area contributed by atoms with Gasteiger partial charge >= 0.3 is 0 Å². The van der Waals surface area contributed by atoms with Gasteiger partial charge in [0.1, 0.15) is 17.4 Å². The summed E-state index contributed by atoms with van der Waals surface area (Å²) < 4.78 is 31.9. The number of halogens is 2. The van der Waals surface area contributed by atoms with Crippen LogP contribution in [-0.2, 0) is 0 Å². The van der Waals surface area contributed by atoms with Crippen LogP contribution in [0.25, 0.3) is 0 Å². The molecule has 0 saturated heterocycles. The second-order valence-corrected chi connectivity index (χ2v) is 4.15. The van der Waals surface area contributed by atoms with Crippen LogP contribution in [0.1, 0.15) is 24.1 Å². The molecule has 2 N–H and O–H groups in total. The van der Waals surface area contributed by atoms with E-state index in [0.29, 0.717) is 23.5 Å². The number of rotatable bonds is 4. The highest BCUT2D eigenvalue weighted by molar-refractivity contribution is 5.41. The van der Waals surface area contributed by atoms with Crippen molar-refractivity contribution < 1.29 is 13.5 Å². The summed E-state index contributed by atoms with van der Waals surface area (Å²) in [5, 5.41) is 0. The van der Waals surface area contributed by atoms with E-state index in [1.807, 2.05) is 19.1 Å². The van der Waals surface area contributed by atoms with Gasteiger partial charge in [-0.25, -0.2) is 8.78 Å². The van der Waals surface area contributed by atoms with Crippen molar-refractivity contribution in [2.24, 2.45) is 5.73 Å². The van der Waals surface area contributed by atoms with Crippen molar-refractivity contribution in [2.45, 2.75) is 13.0 Å². The lowest BCUT2D eigenvalue weighted by Crippen LogP contribution is -2.14. The molecular formula is C15H15F2NO. The van der Waals surface area contributed by atoms with Crippen LogP contribution in [0.5, 0.6) is 5.75 Å². The van der Waals surface area contributed by atoms with Crippen molar-refractivity contribution in [3.63, 3.8) is 0 Å². The van der Waals surface area contributed by atoms with E-state index < -0.39 is 17.7 Å². The van der Waals surface area contributed by atoms with Crippen LogP contribution in [0, 0.1) is 11.6 Å². The molecule has 0 saturated carbocycles. The third kappa shape index (κ3) is 3.09. The lowest BCUT2D eigenvalue weighted by molar-refractivity contribution is 0.335. The summed E-state index contributed by atoms with van der Waals surface area (Å²) in [5.41, 5.74) is 7.15. The molecule has 0 spiro atoms. The van der Waals surface area contributed by atoms with Gasteiger partial charge in [-0.05, 0) is 30.7 Å². The van der Waals surface area contributed by atoms with Crippen LogP contribution >= 0.6 is 0 Å². The Hall–Kier alpha value is -1.94. The lowest BCUT2D eigenvalue weighted by Gasteiger charge is -2.17. The number of nitrogens with two attached hydrogens (primary N) is 1. The molecule has 0 aliphatic rings. The van der Waals surface area contributed by atoms with E-state index in [4.69, 9.17) is 10.5 Å². The zero-order valence-electron chi connectivity index (χ0n) is 10.6. The monoisotopic (exact) mass is 263 g/mol. The fourth-order valence-electron chi connectivity index (χ4n) is 1.96. The average molecular weight is 263 g/mol. The quantitative estimate of drug-likeness (QED) is 0.917. The first-order valence-corrected chi connectivity index (χ1v) is 6.05. The summed E-state index contributed by atoms with van der Waals surface area (Å²) in [6, 6.07) is 9.87. The van der Waals surface area contributed by atoms with Gasteiger partial charge in [-0.1, -0.05) is 18.2 Å². The first-order valence-electron chi connectivity index (χ1n) is 6.05. The van der Waals surface area contributed by atoms with E-state index in [1.165, 1.54) is 12.1 Å². The molecule has 1 unspecified atom stereocenters. The van der Waals surface area contributed by atoms with Crippen LogP contribution in [0.3, 0.4) is 0 Å². The molecule has 0 bridgehead atoms. The number of hydrogen-bond donors (Lipinski definition) is 1. The highest BCUT2D eigenvalue weighted by Crippen LogP contribution is 2.28. The zero-order valence-corrected chi connectivity index (χ0v) is 10.6. The molecule has 2 rings (SSSR count). The second-order valence-electron chi connectivity index (χ2n) is 4.15. The zero-order chi connectivity index (χ0) is 13.8. The van der Waals surface area contributed by atoms with Gasteiger partial charge in [-0.2, -0.15) is 0 Å². The average Bonchev–Trinajstić information content (AvgIpc) is 2.38. The molecule has 4 heteroatoms. The van der Waals surface area contributed by atoms with Crippen molar-refractivity contribution in [3.8, 4) is 5.75 Å². The first kappa shape index (κ1) is 13.5. The number of para-hydroxylation sites is 1. The summed E-state index contributed by atoms with van der Waals surface area (Å²) >= 11 is 0. The third-order valence-electron chi connectivity index (χ3n) is 2.80. The molecule has 2 aromatic rings. The largest absolute Gasteiger partial charge is 0.494 e. The van der Waals surface area contributed by atoms with E-state index in [0.717, 1.165) is 6.07 Å². The Bertz CT molecular complexity index is 552. The maximum absolute atomic E-state index is 13.2. The Morgan fingerprint density at radius 2 is 1.74 bits per heavy atom. The Morgan fingerprint density at radius 3 is 2.37 bits per heavy atom. The number of hydrogen-bond acceptors (Lipinski definition) is 2. The molecular weight excluding hydrogens is 248 g/mol. The molecule has 0 heterocycles. The van der Waals surface area contributed by atoms with Gasteiger partial charge in [0.25, 0.3) is 0 Å². The normalized spacial score (nSPS) is 12.2. The van der Waals surface area contributed by atoms with Crippen molar-refractivity contribution >= 4 is 0 Å². The van der Waals surface area contributed by atoms with Crippen molar-refractivity contribution in [1.29, 1.82) is 0 Å². The fourth-order valence-corrected chi connectivity index (χ4v) is 1.96. The molecule has 0 radical (unpaired) electrons. The lowest BCUT2D eigenvalue weighted by atomic mass is 9.98. The first-order chi connectivity index (χ1) is 9.11. The summed E-state index contributed by atoms with van der Waals surface area (Å²) in [6.07, 6.45) is 0. The Balaban J connectivity index is 2.40. The van der Waals surface area contributed by atoms with Gasteiger partial charge in [0, 0.05) is 11.6 Å². The minimum absolute atomic E-state index is 0.379. The number of ether oxygens (including phenoxy) is 1. The predicted octanol–water partition coefficient (Wildman–Crippen LogP) is 3.41. The molecule has 0 fully saturated rings. The van der Waals surface area contributed by atoms with Crippen molar-refractivity contribution in [2.75, 3.05) is 6.61 Å². The van der Waals surface area contributed by atoms with Gasteiger partial charge < -0.3 is 10.5 Å². The van der Waals surface area contributed by atoms with E-state index in [9.17, 15) is 8.78 Å². The molecule has 2 nitrogen and oxygen atoms in total. The molecule has 0 amide bonds. The molecule has 19 heavy (non-hydrogen) atoms. The standard InChI is InChI=1S/C15H15F2NO/c1-2-19-14-6-4-3-5-13(14)15(18)10-7-11(16)9-12(17)8-10/h3-9,15H,2,18H2,1H3. The second kappa shape index (κ2) is 5.80. The van der Waals surface area contributed by atoms with Gasteiger partial charge in [0.05, 0.1) is 12.6 Å². The molecule has 1 atom stereocenters. The highest BCUT2D eigenvalue weighted by atomic mass is 19.1. The van der Waals surface area contributed by atoms with Gasteiger partial charge in [-0.3, -0.25) is 0 Å². The van der Waals surface area contributed by atoms with E-state index in [1.54, 1.807) is 12.1 Å². The molecule has 100 valence electrons. The summed E-state index contributed by atoms with van der Waals surface area (Å²) in [5.74, 6) is -0.652. The summed E-state index contributed by atoms with van der Waals surface area (Å²) in [6.45, 7) is 2.37. The smallest absolute Gasteiger partial charge is 0.126 e. The maximum Gasteiger partial charge on any atom is 0.126 e. The molecule has 0 aliphatic carbocycles. The van der Waals surface area contributed by atoms with Crippen LogP contribution in [0.4, 0.5) is 8.78 Å². The SMILES string of the molecule is CCOc1ccccc1C(N)c1cc(F)cc(F)c1. The van der Waals surface area contributed by atoms with Gasteiger partial charge in [0.15, 0.2) is 0 Å². The van der Waals surface area contributed by atoms with Gasteiger partial charge in [0.2, 0.25) is 0 Å². The van der Waals surface area contributed by atoms with Crippen molar-refractivity contribution in [3.05, 3.63) is 65.2 Å². The van der Waals surface area contributed by atoms with Crippen LogP contribution in [-0.4, -0.2) is 6.61 Å². The Labute approximate surface area is 110 Å². The van der Waals surface area contributed by atoms with Gasteiger partial charge in [-0.15, -0.1) is 0 Å². The maximum atomic E-state index is 13.2.